The normalized spacial score (nSPS) is 28.3. The lowest BCUT2D eigenvalue weighted by Gasteiger charge is -2.34. The third-order valence-electron chi connectivity index (χ3n) is 4.46. The van der Waals surface area contributed by atoms with E-state index in [-0.39, 0.29) is 0 Å². The number of hydrogen-bond acceptors (Lipinski definition) is 4. The molecule has 0 aromatic carbocycles. The van der Waals surface area contributed by atoms with Crippen molar-refractivity contribution in [1.82, 2.24) is 19.7 Å². The third kappa shape index (κ3) is 2.67. The van der Waals surface area contributed by atoms with Crippen LogP contribution < -0.4 is 0 Å². The first kappa shape index (κ1) is 13.1. The summed E-state index contributed by atoms with van der Waals surface area (Å²) in [5.74, 6) is 1.88. The van der Waals surface area contributed by atoms with Crippen LogP contribution in [0.2, 0.25) is 0 Å². The van der Waals surface area contributed by atoms with Crippen molar-refractivity contribution < 1.29 is 5.11 Å². The van der Waals surface area contributed by atoms with Crippen LogP contribution in [0.5, 0.6) is 0 Å². The van der Waals surface area contributed by atoms with Crippen molar-refractivity contribution in [1.29, 1.82) is 0 Å². The number of aromatic nitrogens is 3. The average molecular weight is 264 g/mol. The quantitative estimate of drug-likeness (QED) is 0.899. The summed E-state index contributed by atoms with van der Waals surface area (Å²) < 4.78 is 1.73. The largest absolute Gasteiger partial charge is 0.372 e. The second-order valence-corrected chi connectivity index (χ2v) is 5.74. The maximum atomic E-state index is 9.93. The lowest BCUT2D eigenvalue weighted by molar-refractivity contribution is 0.0641. The van der Waals surface area contributed by atoms with E-state index >= 15 is 0 Å². The highest BCUT2D eigenvalue weighted by molar-refractivity contribution is 4.99. The van der Waals surface area contributed by atoms with E-state index in [2.05, 4.69) is 21.9 Å². The van der Waals surface area contributed by atoms with Gasteiger partial charge in [0.05, 0.1) is 0 Å². The Morgan fingerprint density at radius 1 is 1.26 bits per heavy atom. The van der Waals surface area contributed by atoms with Crippen molar-refractivity contribution in [2.45, 2.75) is 64.1 Å². The van der Waals surface area contributed by atoms with Gasteiger partial charge in [-0.1, -0.05) is 13.3 Å². The highest BCUT2D eigenvalue weighted by Crippen LogP contribution is 2.23. The van der Waals surface area contributed by atoms with Gasteiger partial charge in [-0.25, -0.2) is 9.67 Å². The van der Waals surface area contributed by atoms with E-state index in [0.29, 0.717) is 6.04 Å². The van der Waals surface area contributed by atoms with Crippen LogP contribution in [0, 0.1) is 0 Å². The molecule has 2 unspecified atom stereocenters. The van der Waals surface area contributed by atoms with E-state index < -0.39 is 6.23 Å². The Bertz CT molecular complexity index is 431. The molecule has 3 rings (SSSR count). The Kier molecular flexibility index (Phi) is 3.84. The van der Waals surface area contributed by atoms with Gasteiger partial charge < -0.3 is 10.0 Å². The number of aliphatic hydroxyl groups is 1. The molecule has 0 spiro atoms. The van der Waals surface area contributed by atoms with Gasteiger partial charge in [0, 0.05) is 18.9 Å². The van der Waals surface area contributed by atoms with Gasteiger partial charge in [0.1, 0.15) is 12.1 Å². The van der Waals surface area contributed by atoms with E-state index in [1.54, 1.807) is 4.68 Å². The highest BCUT2D eigenvalue weighted by Gasteiger charge is 2.25. The molecule has 0 aliphatic carbocycles. The zero-order chi connectivity index (χ0) is 13.2. The van der Waals surface area contributed by atoms with Gasteiger partial charge >= 0.3 is 0 Å². The van der Waals surface area contributed by atoms with Crippen LogP contribution in [0.25, 0.3) is 0 Å². The van der Waals surface area contributed by atoms with E-state index in [4.69, 9.17) is 0 Å². The first-order valence-electron chi connectivity index (χ1n) is 7.64. The van der Waals surface area contributed by atoms with Crippen molar-refractivity contribution >= 4 is 0 Å². The first-order chi connectivity index (χ1) is 9.28. The highest BCUT2D eigenvalue weighted by atomic mass is 16.3. The van der Waals surface area contributed by atoms with E-state index in [0.717, 1.165) is 43.9 Å². The number of aliphatic hydroxyl groups excluding tert-OH is 1. The fourth-order valence-corrected chi connectivity index (χ4v) is 3.38. The molecule has 1 saturated heterocycles. The van der Waals surface area contributed by atoms with Gasteiger partial charge in [-0.3, -0.25) is 0 Å². The van der Waals surface area contributed by atoms with E-state index in [1.165, 1.54) is 25.8 Å². The molecule has 5 heteroatoms. The molecule has 0 amide bonds. The molecular weight excluding hydrogens is 240 g/mol. The molecule has 2 atom stereocenters. The van der Waals surface area contributed by atoms with E-state index in [1.807, 2.05) is 0 Å². The van der Waals surface area contributed by atoms with Crippen LogP contribution in [0.1, 0.15) is 56.9 Å². The molecular formula is C14H24N4O. The number of nitrogens with zero attached hydrogens (tertiary/aromatic N) is 4. The molecule has 3 heterocycles. The lowest BCUT2D eigenvalue weighted by atomic mass is 9.99. The Morgan fingerprint density at radius 3 is 2.95 bits per heavy atom. The van der Waals surface area contributed by atoms with Gasteiger partial charge in [0.15, 0.2) is 5.82 Å². The predicted molar refractivity (Wildman–Crippen MR) is 72.8 cm³/mol. The van der Waals surface area contributed by atoms with Crippen LogP contribution in [0.4, 0.5) is 0 Å². The van der Waals surface area contributed by atoms with Crippen molar-refractivity contribution in [3.05, 3.63) is 11.6 Å². The first-order valence-corrected chi connectivity index (χ1v) is 7.64. The summed E-state index contributed by atoms with van der Waals surface area (Å²) in [6, 6.07) is 0.584. The van der Waals surface area contributed by atoms with Crippen LogP contribution in [0.3, 0.4) is 0 Å². The number of rotatable bonds is 3. The minimum Gasteiger partial charge on any atom is -0.372 e. The zero-order valence-electron chi connectivity index (χ0n) is 11.8. The number of piperidine rings is 1. The monoisotopic (exact) mass is 264 g/mol. The van der Waals surface area contributed by atoms with Crippen molar-refractivity contribution in [3.8, 4) is 0 Å². The average Bonchev–Trinajstić information content (AvgIpc) is 2.83. The number of likely N-dealkylation sites (N-methyl/N-ethyl adjacent to an activating group) is 1. The molecule has 0 radical (unpaired) electrons. The molecule has 2 aliphatic heterocycles. The fraction of sp³-hybridized carbons (Fsp3) is 0.857. The molecule has 1 aromatic rings. The third-order valence-corrected chi connectivity index (χ3v) is 4.46. The van der Waals surface area contributed by atoms with Crippen LogP contribution >= 0.6 is 0 Å². The van der Waals surface area contributed by atoms with Crippen molar-refractivity contribution in [2.24, 2.45) is 0 Å². The second-order valence-electron chi connectivity index (χ2n) is 5.74. The Hall–Kier alpha value is -0.940. The topological polar surface area (TPSA) is 54.2 Å². The number of fused-ring (bicyclic) bond motifs is 1. The van der Waals surface area contributed by atoms with Gasteiger partial charge in [-0.15, -0.1) is 0 Å². The summed E-state index contributed by atoms with van der Waals surface area (Å²) in [5, 5.41) is 14.5. The minimum absolute atomic E-state index is 0.460. The number of hydrogen-bond donors (Lipinski definition) is 1. The van der Waals surface area contributed by atoms with Crippen molar-refractivity contribution in [3.63, 3.8) is 0 Å². The molecule has 5 nitrogen and oxygen atoms in total. The van der Waals surface area contributed by atoms with Gasteiger partial charge in [0.2, 0.25) is 0 Å². The maximum absolute atomic E-state index is 9.93. The molecule has 1 aromatic heterocycles. The lowest BCUT2D eigenvalue weighted by Crippen LogP contribution is -2.40. The van der Waals surface area contributed by atoms with Gasteiger partial charge in [0.25, 0.3) is 0 Å². The summed E-state index contributed by atoms with van der Waals surface area (Å²) in [6.45, 7) is 4.55. The molecule has 106 valence electrons. The second kappa shape index (κ2) is 5.59. The van der Waals surface area contributed by atoms with Gasteiger partial charge in [-0.05, 0) is 38.8 Å². The smallest absolute Gasteiger partial charge is 0.152 e. The Balaban J connectivity index is 1.72. The molecule has 19 heavy (non-hydrogen) atoms. The Morgan fingerprint density at radius 2 is 2.16 bits per heavy atom. The summed E-state index contributed by atoms with van der Waals surface area (Å²) in [4.78, 5) is 7.17. The fourth-order valence-electron chi connectivity index (χ4n) is 3.38. The molecule has 0 bridgehead atoms. The van der Waals surface area contributed by atoms with E-state index in [9.17, 15) is 5.11 Å². The van der Waals surface area contributed by atoms with Crippen LogP contribution in [-0.4, -0.2) is 43.9 Å². The Labute approximate surface area is 114 Å². The molecule has 1 fully saturated rings. The maximum Gasteiger partial charge on any atom is 0.152 e. The number of aryl methyl sites for hydroxylation is 1. The molecule has 0 saturated carbocycles. The molecule has 2 aliphatic rings. The standard InChI is InChI=1S/C14H24N4O/c1-2-17-9-4-3-6-11(17)10-12-15-13-7-5-8-14(19)18(13)16-12/h11,14,19H,2-10H2,1H3. The minimum atomic E-state index is -0.460. The SMILES string of the molecule is CCN1CCCCC1Cc1nc2n(n1)C(O)CCC2. The molecule has 1 N–H and O–H groups in total. The van der Waals surface area contributed by atoms with Crippen LogP contribution in [-0.2, 0) is 12.8 Å². The number of likely N-dealkylation sites (tertiary alicyclic amines) is 1. The summed E-state index contributed by atoms with van der Waals surface area (Å²) >= 11 is 0. The summed E-state index contributed by atoms with van der Waals surface area (Å²) in [6.07, 6.45) is 7.13. The predicted octanol–water partition coefficient (Wildman–Crippen LogP) is 1.52. The summed E-state index contributed by atoms with van der Waals surface area (Å²) in [5.41, 5.74) is 0. The summed E-state index contributed by atoms with van der Waals surface area (Å²) in [7, 11) is 0. The van der Waals surface area contributed by atoms with Gasteiger partial charge in [-0.2, -0.15) is 5.10 Å². The zero-order valence-corrected chi connectivity index (χ0v) is 11.8. The van der Waals surface area contributed by atoms with Crippen LogP contribution in [0.15, 0.2) is 0 Å². The van der Waals surface area contributed by atoms with Crippen molar-refractivity contribution in [2.75, 3.05) is 13.1 Å².